The lowest BCUT2D eigenvalue weighted by Gasteiger charge is -2.09. The number of nitrogens with one attached hydrogen (secondary N) is 1. The van der Waals surface area contributed by atoms with Crippen LogP contribution in [0.15, 0.2) is 46.8 Å². The zero-order valence-electron chi connectivity index (χ0n) is 11.4. The summed E-state index contributed by atoms with van der Waals surface area (Å²) < 4.78 is 1.89. The Kier molecular flexibility index (Phi) is 3.66. The van der Waals surface area contributed by atoms with E-state index in [-0.39, 0.29) is 0 Å². The number of nitrogens with zero attached hydrogens (tertiary/aromatic N) is 4. The van der Waals surface area contributed by atoms with Gasteiger partial charge in [-0.05, 0) is 36.5 Å². The van der Waals surface area contributed by atoms with E-state index in [1.165, 1.54) is 5.56 Å². The minimum absolute atomic E-state index is 0.776. The number of hydrogen-bond acceptors (Lipinski definition) is 5. The summed E-state index contributed by atoms with van der Waals surface area (Å²) in [5.41, 5.74) is 2.16. The van der Waals surface area contributed by atoms with Crippen molar-refractivity contribution in [3.63, 3.8) is 0 Å². The highest BCUT2D eigenvalue weighted by molar-refractivity contribution is 7.99. The Labute approximate surface area is 121 Å². The van der Waals surface area contributed by atoms with Crippen molar-refractivity contribution >= 4 is 22.7 Å². The average molecular weight is 285 g/mol. The maximum absolute atomic E-state index is 4.75. The molecule has 0 fully saturated rings. The molecule has 3 aromatic rings. The second-order valence-corrected chi connectivity index (χ2v) is 5.46. The third-order valence-electron chi connectivity index (χ3n) is 2.99. The fourth-order valence-corrected chi connectivity index (χ4v) is 2.86. The molecule has 102 valence electrons. The lowest BCUT2D eigenvalue weighted by Crippen LogP contribution is -2.07. The first kappa shape index (κ1) is 13.1. The summed E-state index contributed by atoms with van der Waals surface area (Å²) in [4.78, 5) is 4.75. The van der Waals surface area contributed by atoms with Crippen LogP contribution in [0.1, 0.15) is 5.56 Å². The first-order valence-electron chi connectivity index (χ1n) is 6.33. The molecule has 0 amide bonds. The Balaban J connectivity index is 2.07. The van der Waals surface area contributed by atoms with Gasteiger partial charge in [0.1, 0.15) is 11.4 Å². The van der Waals surface area contributed by atoms with Crippen LogP contribution in [0, 0.1) is 0 Å². The summed E-state index contributed by atoms with van der Waals surface area (Å²) in [5.74, 6) is 0. The van der Waals surface area contributed by atoms with E-state index >= 15 is 0 Å². The van der Waals surface area contributed by atoms with E-state index in [2.05, 4.69) is 27.6 Å². The summed E-state index contributed by atoms with van der Waals surface area (Å²) >= 11 is 1.54. The van der Waals surface area contributed by atoms with Gasteiger partial charge >= 0.3 is 0 Å². The molecule has 0 spiro atoms. The average Bonchev–Trinajstić information content (AvgIpc) is 2.85. The molecular formula is C14H15N5S. The van der Waals surface area contributed by atoms with Gasteiger partial charge in [0.2, 0.25) is 0 Å². The van der Waals surface area contributed by atoms with Crippen LogP contribution in [0.4, 0.5) is 0 Å². The van der Waals surface area contributed by atoms with Crippen molar-refractivity contribution < 1.29 is 0 Å². The van der Waals surface area contributed by atoms with Crippen molar-refractivity contribution in [1.29, 1.82) is 0 Å². The molecule has 1 aromatic carbocycles. The topological polar surface area (TPSA) is 55.6 Å². The molecule has 0 aliphatic heterocycles. The van der Waals surface area contributed by atoms with Crippen molar-refractivity contribution in [3.8, 4) is 0 Å². The maximum atomic E-state index is 4.75. The van der Waals surface area contributed by atoms with Crippen LogP contribution in [0.2, 0.25) is 0 Å². The van der Waals surface area contributed by atoms with Crippen molar-refractivity contribution in [2.24, 2.45) is 7.05 Å². The van der Waals surface area contributed by atoms with Gasteiger partial charge in [-0.2, -0.15) is 0 Å². The molecule has 0 aliphatic carbocycles. The van der Waals surface area contributed by atoms with Crippen molar-refractivity contribution in [2.45, 2.75) is 16.7 Å². The Hall–Kier alpha value is -1.92. The largest absolute Gasteiger partial charge is 0.316 e. The van der Waals surface area contributed by atoms with Gasteiger partial charge in [0.25, 0.3) is 0 Å². The fraction of sp³-hybridized carbons (Fsp3) is 0.214. The zero-order valence-corrected chi connectivity index (χ0v) is 12.2. The Bertz CT molecular complexity index is 737. The number of pyridine rings is 1. The van der Waals surface area contributed by atoms with Crippen LogP contribution in [-0.4, -0.2) is 26.8 Å². The number of aromatic nitrogens is 4. The van der Waals surface area contributed by atoms with Gasteiger partial charge in [-0.25, -0.2) is 4.98 Å². The van der Waals surface area contributed by atoms with E-state index in [4.69, 9.17) is 4.98 Å². The highest BCUT2D eigenvalue weighted by atomic mass is 32.2. The summed E-state index contributed by atoms with van der Waals surface area (Å²) in [6, 6.07) is 10.3. The van der Waals surface area contributed by atoms with Crippen LogP contribution < -0.4 is 5.32 Å². The molecule has 1 N–H and O–H groups in total. The van der Waals surface area contributed by atoms with E-state index in [1.54, 1.807) is 18.1 Å². The third kappa shape index (κ3) is 2.52. The second kappa shape index (κ2) is 5.60. The fourth-order valence-electron chi connectivity index (χ4n) is 2.00. The minimum Gasteiger partial charge on any atom is -0.316 e. The molecule has 2 heterocycles. The Morgan fingerprint density at radius 3 is 2.90 bits per heavy atom. The summed E-state index contributed by atoms with van der Waals surface area (Å²) in [6.45, 7) is 0.776. The van der Waals surface area contributed by atoms with E-state index in [9.17, 15) is 0 Å². The number of fused-ring (bicyclic) bond motifs is 1. The van der Waals surface area contributed by atoms with E-state index in [1.807, 2.05) is 36.9 Å². The Morgan fingerprint density at radius 1 is 1.30 bits per heavy atom. The quantitative estimate of drug-likeness (QED) is 0.796. The highest BCUT2D eigenvalue weighted by Crippen LogP contribution is 2.29. The molecule has 3 rings (SSSR count). The van der Waals surface area contributed by atoms with Crippen LogP contribution in [-0.2, 0) is 13.6 Å². The SMILES string of the molecule is CNCc1cc2ccccc2nc1Sc1nncn1C. The van der Waals surface area contributed by atoms with Gasteiger partial charge in [0.15, 0.2) is 5.16 Å². The van der Waals surface area contributed by atoms with Gasteiger partial charge in [-0.15, -0.1) is 10.2 Å². The number of benzene rings is 1. The lowest BCUT2D eigenvalue weighted by atomic mass is 10.1. The Morgan fingerprint density at radius 2 is 2.15 bits per heavy atom. The van der Waals surface area contributed by atoms with Crippen molar-refractivity contribution in [3.05, 3.63) is 42.2 Å². The van der Waals surface area contributed by atoms with Gasteiger partial charge in [-0.1, -0.05) is 18.2 Å². The van der Waals surface area contributed by atoms with Crippen LogP contribution in [0.5, 0.6) is 0 Å². The smallest absolute Gasteiger partial charge is 0.197 e. The molecule has 0 bridgehead atoms. The predicted octanol–water partition coefficient (Wildman–Crippen LogP) is 2.23. The second-order valence-electron chi connectivity index (χ2n) is 4.50. The van der Waals surface area contributed by atoms with Gasteiger partial charge in [0.05, 0.1) is 5.52 Å². The van der Waals surface area contributed by atoms with Crippen molar-refractivity contribution in [2.75, 3.05) is 7.05 Å². The number of aryl methyl sites for hydroxylation is 1. The van der Waals surface area contributed by atoms with E-state index in [0.717, 1.165) is 27.6 Å². The highest BCUT2D eigenvalue weighted by Gasteiger charge is 2.11. The number of rotatable bonds is 4. The molecule has 5 nitrogen and oxygen atoms in total. The number of para-hydroxylation sites is 1. The summed E-state index contributed by atoms with van der Waals surface area (Å²) in [7, 11) is 3.87. The molecule has 0 radical (unpaired) electrons. The van der Waals surface area contributed by atoms with E-state index < -0.39 is 0 Å². The molecule has 20 heavy (non-hydrogen) atoms. The standard InChI is InChI=1S/C14H15N5S/c1-15-8-11-7-10-5-3-4-6-12(10)17-13(11)20-14-18-16-9-19(14)2/h3-7,9,15H,8H2,1-2H3. The third-order valence-corrected chi connectivity index (χ3v) is 4.09. The van der Waals surface area contributed by atoms with Gasteiger partial charge < -0.3 is 9.88 Å². The molecule has 0 atom stereocenters. The minimum atomic E-state index is 0.776. The summed E-state index contributed by atoms with van der Waals surface area (Å²) in [6.07, 6.45) is 1.70. The van der Waals surface area contributed by atoms with E-state index in [0.29, 0.717) is 0 Å². The first-order chi connectivity index (χ1) is 9.78. The molecular weight excluding hydrogens is 270 g/mol. The normalized spacial score (nSPS) is 11.1. The molecule has 2 aromatic heterocycles. The predicted molar refractivity (Wildman–Crippen MR) is 79.6 cm³/mol. The van der Waals surface area contributed by atoms with Crippen molar-refractivity contribution in [1.82, 2.24) is 25.1 Å². The first-order valence-corrected chi connectivity index (χ1v) is 7.14. The zero-order chi connectivity index (χ0) is 13.9. The monoisotopic (exact) mass is 285 g/mol. The lowest BCUT2D eigenvalue weighted by molar-refractivity contribution is 0.776. The molecule has 0 saturated carbocycles. The molecule has 0 unspecified atom stereocenters. The number of hydrogen-bond donors (Lipinski definition) is 1. The molecule has 6 heteroatoms. The maximum Gasteiger partial charge on any atom is 0.197 e. The van der Waals surface area contributed by atoms with Crippen LogP contribution in [0.3, 0.4) is 0 Å². The molecule has 0 aliphatic rings. The van der Waals surface area contributed by atoms with Gasteiger partial charge in [-0.3, -0.25) is 0 Å². The van der Waals surface area contributed by atoms with Gasteiger partial charge in [0, 0.05) is 19.0 Å². The summed E-state index contributed by atoms with van der Waals surface area (Å²) in [5, 5.41) is 14.2. The molecule has 0 saturated heterocycles. The van der Waals surface area contributed by atoms with Crippen LogP contribution in [0.25, 0.3) is 10.9 Å². The van der Waals surface area contributed by atoms with Crippen LogP contribution >= 0.6 is 11.8 Å².